The third-order valence-corrected chi connectivity index (χ3v) is 2.56. The summed E-state index contributed by atoms with van der Waals surface area (Å²) in [6.07, 6.45) is 2.15. The highest BCUT2D eigenvalue weighted by Gasteiger charge is 2.03. The van der Waals surface area contributed by atoms with Crippen molar-refractivity contribution >= 4 is 0 Å². The standard InChI is InChI=1S/C15H15FN2O2/c1-18-8-7-13(17-18)11-20-14-6-5-12(15(16)10-14)4-2-3-9-19/h5-8,10,19H,3,9,11H2,1H3. The van der Waals surface area contributed by atoms with E-state index in [1.54, 1.807) is 16.8 Å². The summed E-state index contributed by atoms with van der Waals surface area (Å²) < 4.78 is 20.9. The molecule has 0 unspecified atom stereocenters. The van der Waals surface area contributed by atoms with Crippen LogP contribution in [0.5, 0.6) is 5.75 Å². The molecule has 0 bridgehead atoms. The Morgan fingerprint density at radius 3 is 2.90 bits per heavy atom. The number of hydrogen-bond acceptors (Lipinski definition) is 3. The molecule has 0 amide bonds. The molecule has 0 aliphatic heterocycles. The van der Waals surface area contributed by atoms with Crippen molar-refractivity contribution in [3.8, 4) is 17.6 Å². The van der Waals surface area contributed by atoms with Crippen LogP contribution in [0.2, 0.25) is 0 Å². The smallest absolute Gasteiger partial charge is 0.142 e. The zero-order chi connectivity index (χ0) is 14.4. The Hall–Kier alpha value is -2.32. The summed E-state index contributed by atoms with van der Waals surface area (Å²) in [5, 5.41) is 12.8. The number of aliphatic hydroxyl groups is 1. The molecule has 0 aliphatic rings. The molecule has 1 aromatic heterocycles. The van der Waals surface area contributed by atoms with E-state index in [0.29, 0.717) is 17.7 Å². The number of aryl methyl sites for hydroxylation is 1. The maximum absolute atomic E-state index is 13.7. The third-order valence-electron chi connectivity index (χ3n) is 2.56. The third kappa shape index (κ3) is 3.84. The summed E-state index contributed by atoms with van der Waals surface area (Å²) in [5.74, 6) is 5.34. The predicted molar refractivity (Wildman–Crippen MR) is 72.5 cm³/mol. The molecule has 0 aliphatic carbocycles. The van der Waals surface area contributed by atoms with E-state index < -0.39 is 5.82 Å². The summed E-state index contributed by atoms with van der Waals surface area (Å²) in [4.78, 5) is 0. The summed E-state index contributed by atoms with van der Waals surface area (Å²) >= 11 is 0. The Morgan fingerprint density at radius 1 is 1.40 bits per heavy atom. The monoisotopic (exact) mass is 274 g/mol. The first kappa shape index (κ1) is 14.1. The molecular formula is C15H15FN2O2. The maximum atomic E-state index is 13.7. The summed E-state index contributed by atoms with van der Waals surface area (Å²) in [6, 6.07) is 6.36. The van der Waals surface area contributed by atoms with Crippen molar-refractivity contribution in [2.24, 2.45) is 7.05 Å². The lowest BCUT2D eigenvalue weighted by Crippen LogP contribution is -1.98. The van der Waals surface area contributed by atoms with Gasteiger partial charge in [-0.15, -0.1) is 0 Å². The van der Waals surface area contributed by atoms with Crippen LogP contribution < -0.4 is 4.74 Å². The molecule has 0 radical (unpaired) electrons. The summed E-state index contributed by atoms with van der Waals surface area (Å²) in [7, 11) is 1.82. The first-order valence-electron chi connectivity index (χ1n) is 6.19. The second-order valence-electron chi connectivity index (χ2n) is 4.19. The van der Waals surface area contributed by atoms with Gasteiger partial charge in [0, 0.05) is 25.7 Å². The molecule has 0 fully saturated rings. The fourth-order valence-electron chi connectivity index (χ4n) is 1.60. The molecule has 0 saturated carbocycles. The van der Waals surface area contributed by atoms with Gasteiger partial charge < -0.3 is 9.84 Å². The predicted octanol–water partition coefficient (Wildman–Crippen LogP) is 1.87. The van der Waals surface area contributed by atoms with Crippen LogP contribution in [0, 0.1) is 17.7 Å². The average molecular weight is 274 g/mol. The van der Waals surface area contributed by atoms with Crippen molar-refractivity contribution in [1.29, 1.82) is 0 Å². The largest absolute Gasteiger partial charge is 0.487 e. The van der Waals surface area contributed by atoms with Gasteiger partial charge in [0.25, 0.3) is 0 Å². The first-order valence-corrected chi connectivity index (χ1v) is 6.19. The van der Waals surface area contributed by atoms with Gasteiger partial charge in [-0.1, -0.05) is 11.8 Å². The Labute approximate surface area is 116 Å². The lowest BCUT2D eigenvalue weighted by molar-refractivity contribution is 0.298. The topological polar surface area (TPSA) is 47.3 Å². The van der Waals surface area contributed by atoms with E-state index in [2.05, 4.69) is 16.9 Å². The average Bonchev–Trinajstić information content (AvgIpc) is 2.85. The number of aromatic nitrogens is 2. The van der Waals surface area contributed by atoms with Crippen LogP contribution in [0.25, 0.3) is 0 Å². The quantitative estimate of drug-likeness (QED) is 0.866. The van der Waals surface area contributed by atoms with Crippen LogP contribution in [0.1, 0.15) is 17.7 Å². The van der Waals surface area contributed by atoms with Crippen molar-refractivity contribution < 1.29 is 14.2 Å². The van der Waals surface area contributed by atoms with Crippen LogP contribution in [0.4, 0.5) is 4.39 Å². The van der Waals surface area contributed by atoms with Crippen molar-refractivity contribution in [1.82, 2.24) is 9.78 Å². The van der Waals surface area contributed by atoms with Gasteiger partial charge in [0.05, 0.1) is 17.9 Å². The second kappa shape index (κ2) is 6.73. The van der Waals surface area contributed by atoms with Crippen LogP contribution in [-0.4, -0.2) is 21.5 Å². The van der Waals surface area contributed by atoms with E-state index in [-0.39, 0.29) is 13.2 Å². The van der Waals surface area contributed by atoms with Crippen molar-refractivity contribution in [3.63, 3.8) is 0 Å². The first-order chi connectivity index (χ1) is 9.69. The molecule has 0 saturated heterocycles. The van der Waals surface area contributed by atoms with Crippen LogP contribution in [0.15, 0.2) is 30.5 Å². The lowest BCUT2D eigenvalue weighted by atomic mass is 10.2. The highest BCUT2D eigenvalue weighted by Crippen LogP contribution is 2.17. The molecule has 0 spiro atoms. The minimum atomic E-state index is -0.436. The fraction of sp³-hybridized carbons (Fsp3) is 0.267. The van der Waals surface area contributed by atoms with Gasteiger partial charge in [0.1, 0.15) is 18.2 Å². The van der Waals surface area contributed by atoms with Gasteiger partial charge in [-0.25, -0.2) is 4.39 Å². The van der Waals surface area contributed by atoms with Gasteiger partial charge in [0.15, 0.2) is 0 Å². The SMILES string of the molecule is Cn1ccc(COc2ccc(C#CCCO)c(F)c2)n1. The summed E-state index contributed by atoms with van der Waals surface area (Å²) in [6.45, 7) is 0.260. The Kier molecular flexibility index (Phi) is 4.75. The van der Waals surface area contributed by atoms with E-state index in [0.717, 1.165) is 5.69 Å². The molecule has 2 rings (SSSR count). The Bertz CT molecular complexity index is 641. The van der Waals surface area contributed by atoms with E-state index in [1.807, 2.05) is 19.3 Å². The van der Waals surface area contributed by atoms with E-state index in [4.69, 9.17) is 9.84 Å². The molecule has 104 valence electrons. The summed E-state index contributed by atoms with van der Waals surface area (Å²) in [5.41, 5.74) is 1.07. The lowest BCUT2D eigenvalue weighted by Gasteiger charge is -2.05. The zero-order valence-electron chi connectivity index (χ0n) is 11.1. The van der Waals surface area contributed by atoms with Crippen molar-refractivity contribution in [2.75, 3.05) is 6.61 Å². The number of rotatable bonds is 4. The molecule has 2 aromatic rings. The zero-order valence-corrected chi connectivity index (χ0v) is 11.1. The number of benzene rings is 1. The Morgan fingerprint density at radius 2 is 2.25 bits per heavy atom. The van der Waals surface area contributed by atoms with Gasteiger partial charge >= 0.3 is 0 Å². The van der Waals surface area contributed by atoms with Crippen LogP contribution in [-0.2, 0) is 13.7 Å². The normalized spacial score (nSPS) is 9.95. The second-order valence-corrected chi connectivity index (χ2v) is 4.19. The number of aliphatic hydroxyl groups excluding tert-OH is 1. The van der Waals surface area contributed by atoms with E-state index in [9.17, 15) is 4.39 Å². The minimum absolute atomic E-state index is 0.0279. The number of hydrogen-bond donors (Lipinski definition) is 1. The van der Waals surface area contributed by atoms with Gasteiger partial charge in [-0.05, 0) is 18.2 Å². The van der Waals surface area contributed by atoms with Crippen LogP contribution in [0.3, 0.4) is 0 Å². The van der Waals surface area contributed by atoms with Crippen molar-refractivity contribution in [3.05, 3.63) is 47.5 Å². The molecule has 5 heteroatoms. The van der Waals surface area contributed by atoms with Crippen LogP contribution >= 0.6 is 0 Å². The van der Waals surface area contributed by atoms with Gasteiger partial charge in [-0.3, -0.25) is 4.68 Å². The Balaban J connectivity index is 2.00. The molecule has 20 heavy (non-hydrogen) atoms. The molecule has 4 nitrogen and oxygen atoms in total. The maximum Gasteiger partial charge on any atom is 0.142 e. The van der Waals surface area contributed by atoms with E-state index in [1.165, 1.54) is 6.07 Å². The highest BCUT2D eigenvalue weighted by molar-refractivity contribution is 5.39. The van der Waals surface area contributed by atoms with Gasteiger partial charge in [0.2, 0.25) is 0 Å². The number of halogens is 1. The fourth-order valence-corrected chi connectivity index (χ4v) is 1.60. The highest BCUT2D eigenvalue weighted by atomic mass is 19.1. The van der Waals surface area contributed by atoms with Crippen molar-refractivity contribution in [2.45, 2.75) is 13.0 Å². The molecule has 0 atom stereocenters. The molecule has 1 aromatic carbocycles. The van der Waals surface area contributed by atoms with Gasteiger partial charge in [-0.2, -0.15) is 5.10 Å². The number of ether oxygens (including phenoxy) is 1. The number of nitrogens with zero attached hydrogens (tertiary/aromatic N) is 2. The van der Waals surface area contributed by atoms with E-state index >= 15 is 0 Å². The molecular weight excluding hydrogens is 259 g/mol. The molecule has 1 heterocycles. The minimum Gasteiger partial charge on any atom is -0.487 e. The molecule has 1 N–H and O–H groups in total.